The fraction of sp³-hybridized carbons (Fsp3) is 0.851. The fourth-order valence-electron chi connectivity index (χ4n) is 7.34. The molecule has 0 bridgehead atoms. The third-order valence-electron chi connectivity index (χ3n) is 11.1. The molecular formula is C47H87N4O17P. The molecule has 2 atom stereocenters. The quantitative estimate of drug-likeness (QED) is 0.0220. The molecule has 0 heterocycles. The van der Waals surface area contributed by atoms with Crippen LogP contribution in [0.15, 0.2) is 0 Å². The van der Waals surface area contributed by atoms with E-state index in [4.69, 9.17) is 28.7 Å². The van der Waals surface area contributed by atoms with Gasteiger partial charge in [0.1, 0.15) is 6.61 Å². The Morgan fingerprint density at radius 1 is 0.478 bits per heavy atom. The minimum absolute atomic E-state index is 0.0756. The van der Waals surface area contributed by atoms with Crippen molar-refractivity contribution in [2.45, 2.75) is 174 Å². The number of carbonyl (C=O) groups excluding carboxylic acids is 3. The first-order chi connectivity index (χ1) is 33.0. The summed E-state index contributed by atoms with van der Waals surface area (Å²) < 4.78 is 33.8. The van der Waals surface area contributed by atoms with Crippen LogP contribution in [-0.2, 0) is 56.6 Å². The van der Waals surface area contributed by atoms with E-state index < -0.39 is 108 Å². The standard InChI is InChI=1S/C47H87N4O17P/c1-3-5-7-9-11-13-15-17-19-21-23-25-46(61)65-38-40(68-47(62)26-24-22-20-18-16-14-12-10-8-6-4-2)39-67-69(63,64)66-32-27-48-41(52)33-50(35-43(55)56)30-28-49(34-42(53)54)29-31-51(36-44(57)58)37-45(59)60/h40H,3-39H2,1-2H3,(H,48,52)(H,53,54)(H,55,56)(H,57,58)(H,59,60)(H,63,64). The highest BCUT2D eigenvalue weighted by atomic mass is 31.2. The van der Waals surface area contributed by atoms with Crippen molar-refractivity contribution in [3.63, 3.8) is 0 Å². The largest absolute Gasteiger partial charge is 0.480 e. The van der Waals surface area contributed by atoms with Gasteiger partial charge >= 0.3 is 43.6 Å². The Morgan fingerprint density at radius 2 is 0.841 bits per heavy atom. The van der Waals surface area contributed by atoms with Crippen LogP contribution in [0, 0.1) is 0 Å². The summed E-state index contributed by atoms with van der Waals surface area (Å²) in [6.07, 6.45) is 23.6. The summed E-state index contributed by atoms with van der Waals surface area (Å²) >= 11 is 0. The molecule has 1 amide bonds. The Labute approximate surface area is 409 Å². The van der Waals surface area contributed by atoms with Crippen LogP contribution in [-0.4, -0.2) is 173 Å². The van der Waals surface area contributed by atoms with E-state index in [-0.39, 0.29) is 45.6 Å². The number of unbranched alkanes of at least 4 members (excludes halogenated alkanes) is 20. The number of phosphoric acid groups is 1. The van der Waals surface area contributed by atoms with E-state index in [1.54, 1.807) is 0 Å². The molecular weight excluding hydrogens is 924 g/mol. The maximum absolute atomic E-state index is 12.8. The fourth-order valence-corrected chi connectivity index (χ4v) is 8.09. The number of aliphatic carboxylic acids is 4. The number of nitrogens with one attached hydrogen (secondary N) is 1. The van der Waals surface area contributed by atoms with Crippen LogP contribution in [0.4, 0.5) is 0 Å². The highest BCUT2D eigenvalue weighted by Crippen LogP contribution is 2.43. The topological polar surface area (TPSA) is 296 Å². The molecule has 0 aromatic rings. The molecule has 402 valence electrons. The van der Waals surface area contributed by atoms with Crippen molar-refractivity contribution in [3.8, 4) is 0 Å². The van der Waals surface area contributed by atoms with Gasteiger partial charge in [0.2, 0.25) is 5.91 Å². The lowest BCUT2D eigenvalue weighted by atomic mass is 10.1. The van der Waals surface area contributed by atoms with Crippen LogP contribution in [0.5, 0.6) is 0 Å². The van der Waals surface area contributed by atoms with Gasteiger partial charge in [-0.3, -0.25) is 57.3 Å². The molecule has 0 fully saturated rings. The predicted octanol–water partition coefficient (Wildman–Crippen LogP) is 6.34. The summed E-state index contributed by atoms with van der Waals surface area (Å²) in [7, 11) is -4.79. The molecule has 6 N–H and O–H groups in total. The van der Waals surface area contributed by atoms with Crippen LogP contribution in [0.2, 0.25) is 0 Å². The van der Waals surface area contributed by atoms with E-state index in [1.807, 2.05) is 0 Å². The van der Waals surface area contributed by atoms with Gasteiger partial charge in [-0.1, -0.05) is 142 Å². The Morgan fingerprint density at radius 3 is 1.26 bits per heavy atom. The van der Waals surface area contributed by atoms with Crippen LogP contribution >= 0.6 is 7.82 Å². The van der Waals surface area contributed by atoms with Gasteiger partial charge in [-0.15, -0.1) is 0 Å². The molecule has 0 spiro atoms. The first-order valence-electron chi connectivity index (χ1n) is 25.2. The highest BCUT2D eigenvalue weighted by Gasteiger charge is 2.27. The molecule has 0 saturated heterocycles. The second kappa shape index (κ2) is 43.1. The van der Waals surface area contributed by atoms with Crippen molar-refractivity contribution in [2.75, 3.05) is 85.3 Å². The molecule has 0 aromatic carbocycles. The van der Waals surface area contributed by atoms with Gasteiger partial charge in [-0.25, -0.2) is 4.57 Å². The second-order valence-electron chi connectivity index (χ2n) is 17.6. The van der Waals surface area contributed by atoms with Crippen LogP contribution in [0.1, 0.15) is 168 Å². The van der Waals surface area contributed by atoms with Gasteiger partial charge in [0.05, 0.1) is 45.9 Å². The summed E-state index contributed by atoms with van der Waals surface area (Å²) in [4.78, 5) is 97.4. The van der Waals surface area contributed by atoms with Gasteiger partial charge < -0.3 is 40.1 Å². The summed E-state index contributed by atoms with van der Waals surface area (Å²) in [5.41, 5.74) is 0. The zero-order valence-electron chi connectivity index (χ0n) is 41.7. The van der Waals surface area contributed by atoms with Crippen molar-refractivity contribution >= 4 is 49.5 Å². The molecule has 0 aromatic heterocycles. The molecule has 0 aliphatic heterocycles. The summed E-state index contributed by atoms with van der Waals surface area (Å²) in [5, 5.41) is 39.4. The number of carboxylic acids is 4. The van der Waals surface area contributed by atoms with E-state index in [0.717, 1.165) is 49.8 Å². The highest BCUT2D eigenvalue weighted by molar-refractivity contribution is 7.47. The van der Waals surface area contributed by atoms with Crippen LogP contribution in [0.3, 0.4) is 0 Å². The minimum Gasteiger partial charge on any atom is -0.480 e. The van der Waals surface area contributed by atoms with Crippen molar-refractivity contribution < 1.29 is 82.0 Å². The number of amides is 1. The summed E-state index contributed by atoms with van der Waals surface area (Å²) in [6.45, 7) is -0.700. The number of hydrogen-bond donors (Lipinski definition) is 6. The third-order valence-corrected chi connectivity index (χ3v) is 12.1. The van der Waals surface area contributed by atoms with Crippen molar-refractivity contribution in [1.82, 2.24) is 20.0 Å². The van der Waals surface area contributed by atoms with Crippen molar-refractivity contribution in [1.29, 1.82) is 0 Å². The zero-order chi connectivity index (χ0) is 51.5. The van der Waals surface area contributed by atoms with Crippen molar-refractivity contribution in [3.05, 3.63) is 0 Å². The molecule has 69 heavy (non-hydrogen) atoms. The first kappa shape index (κ1) is 65.3. The second-order valence-corrected chi connectivity index (χ2v) is 19.0. The van der Waals surface area contributed by atoms with Crippen LogP contribution < -0.4 is 5.32 Å². The first-order valence-corrected chi connectivity index (χ1v) is 26.7. The Kier molecular flexibility index (Phi) is 40.8. The minimum atomic E-state index is -4.79. The van der Waals surface area contributed by atoms with Crippen LogP contribution in [0.25, 0.3) is 0 Å². The average molecular weight is 1010 g/mol. The Balaban J connectivity index is 5.11. The lowest BCUT2D eigenvalue weighted by Crippen LogP contribution is -2.46. The van der Waals surface area contributed by atoms with Gasteiger partial charge in [-0.05, 0) is 12.8 Å². The summed E-state index contributed by atoms with van der Waals surface area (Å²) in [5.74, 6) is -6.86. The molecule has 0 radical (unpaired) electrons. The van der Waals surface area contributed by atoms with E-state index in [2.05, 4.69) is 19.2 Å². The van der Waals surface area contributed by atoms with Gasteiger partial charge in [0.25, 0.3) is 0 Å². The molecule has 2 unspecified atom stereocenters. The predicted molar refractivity (Wildman–Crippen MR) is 258 cm³/mol. The van der Waals surface area contributed by atoms with Crippen molar-refractivity contribution in [2.24, 2.45) is 0 Å². The van der Waals surface area contributed by atoms with E-state index >= 15 is 0 Å². The van der Waals surface area contributed by atoms with Gasteiger partial charge in [0.15, 0.2) is 6.10 Å². The lowest BCUT2D eigenvalue weighted by molar-refractivity contribution is -0.161. The van der Waals surface area contributed by atoms with E-state index in [1.165, 1.54) is 93.3 Å². The number of nitrogens with zero attached hydrogens (tertiary/aromatic N) is 3. The number of carbonyl (C=O) groups is 7. The lowest BCUT2D eigenvalue weighted by Gasteiger charge is -2.27. The normalized spacial score (nSPS) is 12.8. The smallest absolute Gasteiger partial charge is 0.472 e. The van der Waals surface area contributed by atoms with Gasteiger partial charge in [-0.2, -0.15) is 0 Å². The molecule has 0 saturated carbocycles. The zero-order valence-corrected chi connectivity index (χ0v) is 42.6. The molecule has 0 rings (SSSR count). The maximum Gasteiger partial charge on any atom is 0.472 e. The van der Waals surface area contributed by atoms with Gasteiger partial charge in [0, 0.05) is 45.6 Å². The maximum atomic E-state index is 12.8. The number of phosphoric ester groups is 1. The number of ether oxygens (including phenoxy) is 2. The molecule has 22 heteroatoms. The Bertz CT molecular complexity index is 1460. The number of rotatable bonds is 50. The monoisotopic (exact) mass is 1010 g/mol. The number of hydrogen-bond acceptors (Lipinski definition) is 15. The van der Waals surface area contributed by atoms with E-state index in [9.17, 15) is 53.2 Å². The average Bonchev–Trinajstić information content (AvgIpc) is 3.27. The third kappa shape index (κ3) is 44.0. The molecule has 0 aliphatic rings. The number of carboxylic acid groups (broad SMARTS) is 4. The Hall–Kier alpha value is -3.72. The summed E-state index contributed by atoms with van der Waals surface area (Å²) in [6, 6.07) is 0. The van der Waals surface area contributed by atoms with E-state index in [0.29, 0.717) is 12.8 Å². The molecule has 21 nitrogen and oxygen atoms in total. The number of esters is 2. The SMILES string of the molecule is CCCCCCCCCCCCCC(=O)OCC(COP(=O)(O)OCCNC(=O)CN(CCN(CCN(CC(=O)O)CC(=O)O)CC(=O)O)CC(=O)O)OC(=O)CCCCCCCCCCCCC. The molecule has 0 aliphatic carbocycles.